The van der Waals surface area contributed by atoms with Crippen molar-refractivity contribution in [3.05, 3.63) is 11.6 Å². The van der Waals surface area contributed by atoms with Crippen molar-refractivity contribution >= 4 is 6.72 Å². The van der Waals surface area contributed by atoms with Crippen LogP contribution in [0.2, 0.25) is 0 Å². The third-order valence-electron chi connectivity index (χ3n) is 0.629. The van der Waals surface area contributed by atoms with Gasteiger partial charge in [0.05, 0.1) is 6.54 Å². The highest BCUT2D eigenvalue weighted by Gasteiger charge is 1.70. The molecular weight excluding hydrogens is 86.1 g/mol. The number of rotatable bonds is 2. The van der Waals surface area contributed by atoms with Crippen molar-refractivity contribution in [2.24, 2.45) is 4.99 Å². The molecule has 0 aromatic rings. The van der Waals surface area contributed by atoms with Gasteiger partial charge in [0.15, 0.2) is 0 Å². The first kappa shape index (κ1) is 6.41. The Bertz CT molecular complexity index is 78.2. The van der Waals surface area contributed by atoms with Crippen molar-refractivity contribution in [1.82, 2.24) is 0 Å². The number of hydrogen-bond acceptors (Lipinski definition) is 1. The largest absolute Gasteiger partial charge is 0.297 e. The van der Waals surface area contributed by atoms with Crippen LogP contribution in [0.4, 0.5) is 0 Å². The molecule has 40 valence electrons. The SMILES string of the molecule is C=NCC=C(C)C. The molecular formula is C6H11N. The molecule has 1 nitrogen and oxygen atoms in total. The summed E-state index contributed by atoms with van der Waals surface area (Å²) in [6.45, 7) is 8.18. The molecule has 0 amide bonds. The second-order valence-electron chi connectivity index (χ2n) is 1.69. The Hall–Kier alpha value is -0.590. The molecule has 0 radical (unpaired) electrons. The van der Waals surface area contributed by atoms with Crippen LogP contribution in [0, 0.1) is 0 Å². The van der Waals surface area contributed by atoms with Crippen LogP contribution in [0.3, 0.4) is 0 Å². The Kier molecular flexibility index (Phi) is 3.29. The summed E-state index contributed by atoms with van der Waals surface area (Å²) in [4.78, 5) is 3.65. The topological polar surface area (TPSA) is 12.4 Å². The summed E-state index contributed by atoms with van der Waals surface area (Å²) in [5, 5.41) is 0. The average molecular weight is 97.2 g/mol. The van der Waals surface area contributed by atoms with E-state index in [2.05, 4.69) is 11.7 Å². The normalized spacial score (nSPS) is 7.71. The van der Waals surface area contributed by atoms with Gasteiger partial charge in [0.1, 0.15) is 0 Å². The smallest absolute Gasteiger partial charge is 0.0565 e. The molecule has 0 aromatic carbocycles. The molecule has 0 unspecified atom stereocenters. The zero-order chi connectivity index (χ0) is 5.70. The molecule has 0 spiro atoms. The second kappa shape index (κ2) is 3.59. The first-order chi connectivity index (χ1) is 3.27. The Morgan fingerprint density at radius 2 is 2.29 bits per heavy atom. The molecule has 0 saturated heterocycles. The third-order valence-corrected chi connectivity index (χ3v) is 0.629. The lowest BCUT2D eigenvalue weighted by Gasteiger charge is -1.82. The second-order valence-corrected chi connectivity index (χ2v) is 1.69. The zero-order valence-corrected chi connectivity index (χ0v) is 4.94. The van der Waals surface area contributed by atoms with Crippen molar-refractivity contribution in [2.45, 2.75) is 13.8 Å². The van der Waals surface area contributed by atoms with Gasteiger partial charge in [-0.25, -0.2) is 0 Å². The maximum Gasteiger partial charge on any atom is 0.0565 e. The van der Waals surface area contributed by atoms with Crippen molar-refractivity contribution in [3.63, 3.8) is 0 Å². The summed E-state index contributed by atoms with van der Waals surface area (Å²) in [5.41, 5.74) is 1.30. The number of aliphatic imine (C=N–C) groups is 1. The van der Waals surface area contributed by atoms with Crippen LogP contribution in [0.15, 0.2) is 16.6 Å². The molecule has 0 N–H and O–H groups in total. The van der Waals surface area contributed by atoms with Crippen LogP contribution in [0.1, 0.15) is 13.8 Å². The third kappa shape index (κ3) is 5.41. The van der Waals surface area contributed by atoms with Crippen LogP contribution in [-0.2, 0) is 0 Å². The molecule has 0 aromatic heterocycles. The minimum atomic E-state index is 0.752. The van der Waals surface area contributed by atoms with Crippen LogP contribution < -0.4 is 0 Å². The van der Waals surface area contributed by atoms with Crippen LogP contribution in [0.5, 0.6) is 0 Å². The summed E-state index contributed by atoms with van der Waals surface area (Å²) in [6.07, 6.45) is 2.03. The molecule has 7 heavy (non-hydrogen) atoms. The molecule has 0 aliphatic carbocycles. The molecule has 0 fully saturated rings. The van der Waals surface area contributed by atoms with Crippen molar-refractivity contribution in [3.8, 4) is 0 Å². The number of nitrogens with zero attached hydrogens (tertiary/aromatic N) is 1. The summed E-state index contributed by atoms with van der Waals surface area (Å²) in [5.74, 6) is 0. The molecule has 1 heteroatoms. The van der Waals surface area contributed by atoms with Crippen molar-refractivity contribution in [2.75, 3.05) is 6.54 Å². The van der Waals surface area contributed by atoms with Gasteiger partial charge in [-0.1, -0.05) is 11.6 Å². The molecule has 0 bridgehead atoms. The minimum absolute atomic E-state index is 0.752. The Balaban J connectivity index is 3.25. The van der Waals surface area contributed by atoms with E-state index in [1.807, 2.05) is 19.9 Å². The van der Waals surface area contributed by atoms with Gasteiger partial charge in [-0.05, 0) is 20.6 Å². The predicted molar refractivity (Wildman–Crippen MR) is 33.8 cm³/mol. The monoisotopic (exact) mass is 97.1 g/mol. The van der Waals surface area contributed by atoms with Crippen LogP contribution in [0.25, 0.3) is 0 Å². The van der Waals surface area contributed by atoms with E-state index in [-0.39, 0.29) is 0 Å². The predicted octanol–water partition coefficient (Wildman–Crippen LogP) is 1.65. The highest BCUT2D eigenvalue weighted by atomic mass is 14.6. The van der Waals surface area contributed by atoms with Crippen molar-refractivity contribution in [1.29, 1.82) is 0 Å². The van der Waals surface area contributed by atoms with Gasteiger partial charge >= 0.3 is 0 Å². The fraction of sp³-hybridized carbons (Fsp3) is 0.500. The van der Waals surface area contributed by atoms with Crippen LogP contribution >= 0.6 is 0 Å². The molecule has 0 saturated carbocycles. The number of allylic oxidation sites excluding steroid dienone is 1. The van der Waals surface area contributed by atoms with E-state index in [1.165, 1.54) is 5.57 Å². The molecule has 0 aliphatic heterocycles. The van der Waals surface area contributed by atoms with Gasteiger partial charge < -0.3 is 0 Å². The summed E-state index contributed by atoms with van der Waals surface area (Å²) in [6, 6.07) is 0. The van der Waals surface area contributed by atoms with Gasteiger partial charge in [0.2, 0.25) is 0 Å². The average Bonchev–Trinajstić information content (AvgIpc) is 1.61. The van der Waals surface area contributed by atoms with Gasteiger partial charge in [0, 0.05) is 0 Å². The molecule has 0 aliphatic rings. The highest BCUT2D eigenvalue weighted by Crippen LogP contribution is 1.85. The molecule has 0 heterocycles. The zero-order valence-electron chi connectivity index (χ0n) is 4.94. The van der Waals surface area contributed by atoms with E-state index in [0.717, 1.165) is 6.54 Å². The Morgan fingerprint density at radius 1 is 1.71 bits per heavy atom. The fourth-order valence-electron chi connectivity index (χ4n) is 0.247. The van der Waals surface area contributed by atoms with Crippen molar-refractivity contribution < 1.29 is 0 Å². The lowest BCUT2D eigenvalue weighted by Crippen LogP contribution is -1.69. The first-order valence-corrected chi connectivity index (χ1v) is 2.33. The maximum absolute atomic E-state index is 3.65. The standard InChI is InChI=1S/C6H11N/c1-6(2)4-5-7-3/h4H,3,5H2,1-2H3. The van der Waals surface area contributed by atoms with E-state index in [0.29, 0.717) is 0 Å². The quantitative estimate of drug-likeness (QED) is 0.367. The van der Waals surface area contributed by atoms with Crippen LogP contribution in [-0.4, -0.2) is 13.3 Å². The number of hydrogen-bond donors (Lipinski definition) is 0. The van der Waals surface area contributed by atoms with E-state index in [1.54, 1.807) is 0 Å². The van der Waals surface area contributed by atoms with Gasteiger partial charge in [-0.3, -0.25) is 4.99 Å². The molecule has 0 rings (SSSR count). The molecule has 0 atom stereocenters. The minimum Gasteiger partial charge on any atom is -0.297 e. The lowest BCUT2D eigenvalue weighted by atomic mass is 10.3. The van der Waals surface area contributed by atoms with E-state index in [4.69, 9.17) is 0 Å². The lowest BCUT2D eigenvalue weighted by molar-refractivity contribution is 1.22. The van der Waals surface area contributed by atoms with E-state index < -0.39 is 0 Å². The first-order valence-electron chi connectivity index (χ1n) is 2.33. The van der Waals surface area contributed by atoms with E-state index in [9.17, 15) is 0 Å². The fourth-order valence-corrected chi connectivity index (χ4v) is 0.247. The highest BCUT2D eigenvalue weighted by molar-refractivity contribution is 5.24. The summed E-state index contributed by atoms with van der Waals surface area (Å²) < 4.78 is 0. The summed E-state index contributed by atoms with van der Waals surface area (Å²) >= 11 is 0. The van der Waals surface area contributed by atoms with E-state index >= 15 is 0 Å². The summed E-state index contributed by atoms with van der Waals surface area (Å²) in [7, 11) is 0. The van der Waals surface area contributed by atoms with Gasteiger partial charge in [-0.2, -0.15) is 0 Å². The Morgan fingerprint density at radius 3 is 2.43 bits per heavy atom. The Labute approximate surface area is 44.8 Å². The maximum atomic E-state index is 3.65. The van der Waals surface area contributed by atoms with Gasteiger partial charge in [0.25, 0.3) is 0 Å². The van der Waals surface area contributed by atoms with Gasteiger partial charge in [-0.15, -0.1) is 0 Å².